The second-order valence-corrected chi connectivity index (χ2v) is 4.31. The van der Waals surface area contributed by atoms with Gasteiger partial charge >= 0.3 is 0 Å². The van der Waals surface area contributed by atoms with Gasteiger partial charge in [0.25, 0.3) is 0 Å². The first kappa shape index (κ1) is 10.8. The Morgan fingerprint density at radius 2 is 1.56 bits per heavy atom. The van der Waals surface area contributed by atoms with Crippen LogP contribution >= 0.6 is 0 Å². The number of carbonyl (C=O) groups is 1. The van der Waals surface area contributed by atoms with Crippen LogP contribution in [0, 0.1) is 0 Å². The highest BCUT2D eigenvalue weighted by Gasteiger charge is 2.26. The fraction of sp³-hybridized carbons (Fsp3) is 0.133. The average molecular weight is 239 g/mol. The summed E-state index contributed by atoms with van der Waals surface area (Å²) in [5.41, 5.74) is 1.12. The molecule has 0 bridgehead atoms. The van der Waals surface area contributed by atoms with Crippen LogP contribution in [-0.4, -0.2) is 5.91 Å². The summed E-state index contributed by atoms with van der Waals surface area (Å²) in [6.45, 7) is 0. The van der Waals surface area contributed by atoms with Crippen LogP contribution in [0.3, 0.4) is 0 Å². The van der Waals surface area contributed by atoms with E-state index in [1.165, 1.54) is 0 Å². The van der Waals surface area contributed by atoms with Gasteiger partial charge in [0.1, 0.15) is 11.5 Å². The summed E-state index contributed by atoms with van der Waals surface area (Å²) < 4.78 is 5.70. The molecule has 0 aliphatic carbocycles. The minimum atomic E-state index is 0.115. The van der Waals surface area contributed by atoms with E-state index in [1.807, 2.05) is 54.6 Å². The molecular formula is C15H13NO2. The van der Waals surface area contributed by atoms with Gasteiger partial charge in [0.05, 0.1) is 12.5 Å². The topological polar surface area (TPSA) is 38.3 Å². The smallest absolute Gasteiger partial charge is 0.222 e. The standard InChI is InChI=1S/C15H13NO2/c17-15-10-14(16-15)11-6-8-13(9-7-11)18-12-4-2-1-3-5-12/h1-9,14H,10H2,(H,16,17). The van der Waals surface area contributed by atoms with Crippen molar-refractivity contribution in [3.63, 3.8) is 0 Å². The number of para-hydroxylation sites is 1. The maximum absolute atomic E-state index is 10.9. The van der Waals surface area contributed by atoms with Crippen LogP contribution < -0.4 is 10.1 Å². The van der Waals surface area contributed by atoms with E-state index in [2.05, 4.69) is 5.32 Å². The number of benzene rings is 2. The monoisotopic (exact) mass is 239 g/mol. The molecule has 1 N–H and O–H groups in total. The van der Waals surface area contributed by atoms with Gasteiger partial charge in [0.15, 0.2) is 0 Å². The minimum Gasteiger partial charge on any atom is -0.457 e. The first-order valence-electron chi connectivity index (χ1n) is 5.93. The Balaban J connectivity index is 1.70. The van der Waals surface area contributed by atoms with Gasteiger partial charge in [0, 0.05) is 0 Å². The molecular weight excluding hydrogens is 226 g/mol. The molecule has 1 saturated heterocycles. The third-order valence-corrected chi connectivity index (χ3v) is 2.99. The molecule has 0 spiro atoms. The van der Waals surface area contributed by atoms with Gasteiger partial charge < -0.3 is 10.1 Å². The number of hydrogen-bond donors (Lipinski definition) is 1. The van der Waals surface area contributed by atoms with E-state index in [0.29, 0.717) is 6.42 Å². The molecule has 18 heavy (non-hydrogen) atoms. The SMILES string of the molecule is O=C1CC(c2ccc(Oc3ccccc3)cc2)N1. The first-order chi connectivity index (χ1) is 8.81. The largest absolute Gasteiger partial charge is 0.457 e. The van der Waals surface area contributed by atoms with Crippen molar-refractivity contribution in [1.29, 1.82) is 0 Å². The molecule has 1 unspecified atom stereocenters. The Morgan fingerprint density at radius 3 is 2.17 bits per heavy atom. The highest BCUT2D eigenvalue weighted by molar-refractivity contribution is 5.83. The molecule has 0 saturated carbocycles. The number of amides is 1. The maximum atomic E-state index is 10.9. The van der Waals surface area contributed by atoms with Gasteiger partial charge in [-0.15, -0.1) is 0 Å². The maximum Gasteiger partial charge on any atom is 0.222 e. The van der Waals surface area contributed by atoms with Gasteiger partial charge in [-0.25, -0.2) is 0 Å². The van der Waals surface area contributed by atoms with E-state index in [4.69, 9.17) is 4.74 Å². The quantitative estimate of drug-likeness (QED) is 0.836. The van der Waals surface area contributed by atoms with Crippen LogP contribution in [0.1, 0.15) is 18.0 Å². The van der Waals surface area contributed by atoms with Gasteiger partial charge in [-0.2, -0.15) is 0 Å². The van der Waals surface area contributed by atoms with Crippen LogP contribution in [0.5, 0.6) is 11.5 Å². The summed E-state index contributed by atoms with van der Waals surface area (Å²) in [7, 11) is 0. The molecule has 1 heterocycles. The number of nitrogens with one attached hydrogen (secondary N) is 1. The minimum absolute atomic E-state index is 0.115. The Hall–Kier alpha value is -2.29. The van der Waals surface area contributed by atoms with Crippen LogP contribution in [0.15, 0.2) is 54.6 Å². The summed E-state index contributed by atoms with van der Waals surface area (Å²) in [5.74, 6) is 1.74. The van der Waals surface area contributed by atoms with Crippen molar-refractivity contribution in [2.45, 2.75) is 12.5 Å². The Bertz CT molecular complexity index is 540. The van der Waals surface area contributed by atoms with Crippen LogP contribution in [-0.2, 0) is 4.79 Å². The van der Waals surface area contributed by atoms with Crippen molar-refractivity contribution < 1.29 is 9.53 Å². The molecule has 3 nitrogen and oxygen atoms in total. The van der Waals surface area contributed by atoms with E-state index in [1.54, 1.807) is 0 Å². The lowest BCUT2D eigenvalue weighted by Gasteiger charge is -2.27. The molecule has 1 atom stereocenters. The number of ether oxygens (including phenoxy) is 1. The van der Waals surface area contributed by atoms with Gasteiger partial charge in [-0.3, -0.25) is 4.79 Å². The van der Waals surface area contributed by atoms with E-state index in [9.17, 15) is 4.79 Å². The van der Waals surface area contributed by atoms with Crippen molar-refractivity contribution in [2.75, 3.05) is 0 Å². The predicted molar refractivity (Wildman–Crippen MR) is 68.5 cm³/mol. The molecule has 2 aromatic carbocycles. The lowest BCUT2D eigenvalue weighted by molar-refractivity contribution is -0.128. The number of carbonyl (C=O) groups excluding carboxylic acids is 1. The Kier molecular flexibility index (Phi) is 2.73. The zero-order chi connectivity index (χ0) is 12.4. The molecule has 1 amide bonds. The normalized spacial score (nSPS) is 17.8. The van der Waals surface area contributed by atoms with Crippen molar-refractivity contribution in [2.24, 2.45) is 0 Å². The fourth-order valence-electron chi connectivity index (χ4n) is 1.95. The van der Waals surface area contributed by atoms with Crippen LogP contribution in [0.25, 0.3) is 0 Å². The van der Waals surface area contributed by atoms with Crippen molar-refractivity contribution in [3.05, 3.63) is 60.2 Å². The summed E-state index contributed by atoms with van der Waals surface area (Å²) in [6.07, 6.45) is 0.582. The molecule has 1 fully saturated rings. The van der Waals surface area contributed by atoms with Gasteiger partial charge in [-0.1, -0.05) is 30.3 Å². The first-order valence-corrected chi connectivity index (χ1v) is 5.93. The van der Waals surface area contributed by atoms with Crippen molar-refractivity contribution in [1.82, 2.24) is 5.32 Å². The number of β-lactam (4-membered cyclic amide) rings is 1. The third-order valence-electron chi connectivity index (χ3n) is 2.99. The molecule has 3 heteroatoms. The molecule has 3 rings (SSSR count). The summed E-state index contributed by atoms with van der Waals surface area (Å²) in [5, 5.41) is 2.85. The van der Waals surface area contributed by atoms with E-state index >= 15 is 0 Å². The number of rotatable bonds is 3. The highest BCUT2D eigenvalue weighted by atomic mass is 16.5. The molecule has 90 valence electrons. The van der Waals surface area contributed by atoms with Gasteiger partial charge in [-0.05, 0) is 29.8 Å². The zero-order valence-electron chi connectivity index (χ0n) is 9.80. The Morgan fingerprint density at radius 1 is 0.944 bits per heavy atom. The molecule has 0 aromatic heterocycles. The highest BCUT2D eigenvalue weighted by Crippen LogP contribution is 2.27. The second-order valence-electron chi connectivity index (χ2n) is 4.31. The molecule has 1 aliphatic rings. The van der Waals surface area contributed by atoms with Gasteiger partial charge in [0.2, 0.25) is 5.91 Å². The Labute approximate surface area is 105 Å². The van der Waals surface area contributed by atoms with Crippen LogP contribution in [0.4, 0.5) is 0 Å². The fourth-order valence-corrected chi connectivity index (χ4v) is 1.95. The van der Waals surface area contributed by atoms with E-state index in [0.717, 1.165) is 17.1 Å². The lowest BCUT2D eigenvalue weighted by Crippen LogP contribution is -2.41. The molecule has 1 aliphatic heterocycles. The summed E-state index contributed by atoms with van der Waals surface area (Å²) >= 11 is 0. The number of hydrogen-bond acceptors (Lipinski definition) is 2. The summed E-state index contributed by atoms with van der Waals surface area (Å²) in [6, 6.07) is 17.7. The van der Waals surface area contributed by atoms with E-state index in [-0.39, 0.29) is 11.9 Å². The van der Waals surface area contributed by atoms with E-state index < -0.39 is 0 Å². The predicted octanol–water partition coefficient (Wildman–Crippen LogP) is 3.04. The van der Waals surface area contributed by atoms with Crippen molar-refractivity contribution >= 4 is 5.91 Å². The van der Waals surface area contributed by atoms with Crippen LogP contribution in [0.2, 0.25) is 0 Å². The van der Waals surface area contributed by atoms with Crippen molar-refractivity contribution in [3.8, 4) is 11.5 Å². The molecule has 2 aromatic rings. The summed E-state index contributed by atoms with van der Waals surface area (Å²) in [4.78, 5) is 10.9. The second kappa shape index (κ2) is 4.53. The zero-order valence-corrected chi connectivity index (χ0v) is 9.80. The molecule has 0 radical (unpaired) electrons. The average Bonchev–Trinajstić information content (AvgIpc) is 2.38. The third kappa shape index (κ3) is 2.20. The lowest BCUT2D eigenvalue weighted by atomic mass is 9.97.